The van der Waals surface area contributed by atoms with Gasteiger partial charge in [-0.25, -0.2) is 4.79 Å². The van der Waals surface area contributed by atoms with Gasteiger partial charge < -0.3 is 10.4 Å². The molecule has 1 aromatic heterocycles. The number of aliphatic carboxylic acids is 1. The van der Waals surface area contributed by atoms with Crippen molar-refractivity contribution in [3.63, 3.8) is 0 Å². The molecule has 5 nitrogen and oxygen atoms in total. The van der Waals surface area contributed by atoms with Gasteiger partial charge in [0.15, 0.2) is 0 Å². The summed E-state index contributed by atoms with van der Waals surface area (Å²) in [6, 6.07) is 14.7. The Kier molecular flexibility index (Phi) is 4.95. The van der Waals surface area contributed by atoms with Crippen molar-refractivity contribution in [1.29, 1.82) is 0 Å². The number of benzene rings is 2. The van der Waals surface area contributed by atoms with Crippen LogP contribution >= 0.6 is 11.6 Å². The number of hydrogen-bond acceptors (Lipinski definition) is 3. The van der Waals surface area contributed by atoms with E-state index in [1.807, 2.05) is 12.1 Å². The molecule has 126 valence electrons. The Bertz CT molecular complexity index is 937. The molecule has 1 amide bonds. The van der Waals surface area contributed by atoms with Gasteiger partial charge in [0.1, 0.15) is 6.04 Å². The summed E-state index contributed by atoms with van der Waals surface area (Å²) in [7, 11) is 0. The van der Waals surface area contributed by atoms with Gasteiger partial charge in [0.2, 0.25) is 0 Å². The Morgan fingerprint density at radius 2 is 1.88 bits per heavy atom. The van der Waals surface area contributed by atoms with E-state index in [1.54, 1.807) is 48.7 Å². The summed E-state index contributed by atoms with van der Waals surface area (Å²) in [6.45, 7) is 0. The third kappa shape index (κ3) is 3.95. The molecular weight excluding hydrogens is 340 g/mol. The first-order valence-corrected chi connectivity index (χ1v) is 8.04. The number of pyridine rings is 1. The zero-order valence-corrected chi connectivity index (χ0v) is 13.9. The highest BCUT2D eigenvalue weighted by Gasteiger charge is 2.22. The normalized spacial score (nSPS) is 11.9. The van der Waals surface area contributed by atoms with Crippen LogP contribution < -0.4 is 5.32 Å². The van der Waals surface area contributed by atoms with Crippen LogP contribution in [0.3, 0.4) is 0 Å². The van der Waals surface area contributed by atoms with E-state index in [-0.39, 0.29) is 6.42 Å². The van der Waals surface area contributed by atoms with Crippen LogP contribution in [0.5, 0.6) is 0 Å². The van der Waals surface area contributed by atoms with Crippen molar-refractivity contribution in [2.45, 2.75) is 12.5 Å². The maximum absolute atomic E-state index is 12.6. The van der Waals surface area contributed by atoms with Gasteiger partial charge in [-0.2, -0.15) is 0 Å². The number of para-hydroxylation sites is 1. The molecule has 6 heteroatoms. The van der Waals surface area contributed by atoms with Crippen LogP contribution in [0.25, 0.3) is 10.9 Å². The van der Waals surface area contributed by atoms with Crippen molar-refractivity contribution < 1.29 is 14.7 Å². The van der Waals surface area contributed by atoms with Gasteiger partial charge in [-0.1, -0.05) is 41.9 Å². The first-order chi connectivity index (χ1) is 12.0. The first kappa shape index (κ1) is 16.9. The number of halogens is 1. The van der Waals surface area contributed by atoms with Crippen molar-refractivity contribution in [3.05, 3.63) is 76.9 Å². The lowest BCUT2D eigenvalue weighted by molar-refractivity contribution is -0.139. The van der Waals surface area contributed by atoms with Crippen molar-refractivity contribution in [2.24, 2.45) is 0 Å². The highest BCUT2D eigenvalue weighted by molar-refractivity contribution is 6.30. The fourth-order valence-electron chi connectivity index (χ4n) is 2.62. The lowest BCUT2D eigenvalue weighted by Crippen LogP contribution is -2.42. The van der Waals surface area contributed by atoms with Crippen LogP contribution in [0.2, 0.25) is 5.02 Å². The molecule has 0 radical (unpaired) electrons. The van der Waals surface area contributed by atoms with Crippen LogP contribution in [0.1, 0.15) is 15.9 Å². The summed E-state index contributed by atoms with van der Waals surface area (Å²) in [5.41, 5.74) is 1.61. The molecular formula is C19H15ClN2O3. The molecule has 1 heterocycles. The van der Waals surface area contributed by atoms with E-state index in [0.717, 1.165) is 10.9 Å². The second kappa shape index (κ2) is 7.32. The molecule has 0 fully saturated rings. The van der Waals surface area contributed by atoms with Crippen LogP contribution in [0.15, 0.2) is 60.8 Å². The Balaban J connectivity index is 1.84. The van der Waals surface area contributed by atoms with Crippen molar-refractivity contribution >= 4 is 34.4 Å². The van der Waals surface area contributed by atoms with E-state index in [1.165, 1.54) is 0 Å². The molecule has 3 aromatic rings. The zero-order chi connectivity index (χ0) is 17.8. The van der Waals surface area contributed by atoms with Crippen LogP contribution in [0, 0.1) is 0 Å². The predicted molar refractivity (Wildman–Crippen MR) is 95.8 cm³/mol. The number of hydrogen-bond donors (Lipinski definition) is 2. The van der Waals surface area contributed by atoms with Crippen LogP contribution in [-0.4, -0.2) is 28.0 Å². The summed E-state index contributed by atoms with van der Waals surface area (Å²) in [5.74, 6) is -1.58. The fraction of sp³-hybridized carbons (Fsp3) is 0.105. The third-order valence-electron chi connectivity index (χ3n) is 3.81. The van der Waals surface area contributed by atoms with E-state index in [0.29, 0.717) is 16.1 Å². The van der Waals surface area contributed by atoms with Crippen molar-refractivity contribution in [3.8, 4) is 0 Å². The van der Waals surface area contributed by atoms with E-state index in [9.17, 15) is 14.7 Å². The molecule has 0 saturated heterocycles. The minimum Gasteiger partial charge on any atom is -0.480 e. The SMILES string of the molecule is O=C(N[C@H](Cc1cccc(Cl)c1)C(=O)O)c1cccc2cccnc12. The second-order valence-electron chi connectivity index (χ2n) is 5.58. The molecule has 0 unspecified atom stereocenters. The predicted octanol–water partition coefficient (Wildman–Crippen LogP) is 3.31. The summed E-state index contributed by atoms with van der Waals surface area (Å²) in [4.78, 5) is 28.4. The quantitative estimate of drug-likeness (QED) is 0.736. The standard InChI is InChI=1S/C19H15ClN2O3/c20-14-7-1-4-12(10-14)11-16(19(24)25)22-18(23)15-8-2-5-13-6-3-9-21-17(13)15/h1-10,16H,11H2,(H,22,23)(H,24,25)/t16-/m1/s1. The van der Waals surface area contributed by atoms with Crippen molar-refractivity contribution in [1.82, 2.24) is 10.3 Å². The van der Waals surface area contributed by atoms with Gasteiger partial charge >= 0.3 is 5.97 Å². The van der Waals surface area contributed by atoms with E-state index in [2.05, 4.69) is 10.3 Å². The summed E-state index contributed by atoms with van der Waals surface area (Å²) in [5, 5.41) is 13.4. The number of carbonyl (C=O) groups excluding carboxylic acids is 1. The Hall–Kier alpha value is -2.92. The zero-order valence-electron chi connectivity index (χ0n) is 13.1. The maximum Gasteiger partial charge on any atom is 0.326 e. The summed E-state index contributed by atoms with van der Waals surface area (Å²) < 4.78 is 0. The number of nitrogens with zero attached hydrogens (tertiary/aromatic N) is 1. The molecule has 2 aromatic carbocycles. The minimum absolute atomic E-state index is 0.139. The molecule has 0 spiro atoms. The molecule has 0 aliphatic heterocycles. The lowest BCUT2D eigenvalue weighted by Gasteiger charge is -2.15. The highest BCUT2D eigenvalue weighted by atomic mass is 35.5. The average Bonchev–Trinajstić information content (AvgIpc) is 2.60. The Labute approximate surface area is 149 Å². The van der Waals surface area contributed by atoms with Gasteiger partial charge in [0.25, 0.3) is 5.91 Å². The number of nitrogens with one attached hydrogen (secondary N) is 1. The Morgan fingerprint density at radius 1 is 1.12 bits per heavy atom. The van der Waals surface area contributed by atoms with Gasteiger partial charge in [-0.05, 0) is 29.8 Å². The molecule has 25 heavy (non-hydrogen) atoms. The second-order valence-corrected chi connectivity index (χ2v) is 6.02. The summed E-state index contributed by atoms with van der Waals surface area (Å²) >= 11 is 5.93. The minimum atomic E-state index is -1.11. The smallest absolute Gasteiger partial charge is 0.326 e. The molecule has 3 rings (SSSR count). The van der Waals surface area contributed by atoms with Crippen LogP contribution in [-0.2, 0) is 11.2 Å². The topological polar surface area (TPSA) is 79.3 Å². The van der Waals surface area contributed by atoms with E-state index < -0.39 is 17.9 Å². The van der Waals surface area contributed by atoms with E-state index in [4.69, 9.17) is 11.6 Å². The number of carboxylic acid groups (broad SMARTS) is 1. The molecule has 2 N–H and O–H groups in total. The number of fused-ring (bicyclic) bond motifs is 1. The molecule has 0 aliphatic rings. The third-order valence-corrected chi connectivity index (χ3v) is 4.04. The molecule has 0 saturated carbocycles. The largest absolute Gasteiger partial charge is 0.480 e. The van der Waals surface area contributed by atoms with Crippen LogP contribution in [0.4, 0.5) is 0 Å². The first-order valence-electron chi connectivity index (χ1n) is 7.66. The maximum atomic E-state index is 12.6. The van der Waals surface area contributed by atoms with Gasteiger partial charge in [-0.15, -0.1) is 0 Å². The highest BCUT2D eigenvalue weighted by Crippen LogP contribution is 2.17. The summed E-state index contributed by atoms with van der Waals surface area (Å²) in [6.07, 6.45) is 1.74. The number of carbonyl (C=O) groups is 2. The number of aromatic nitrogens is 1. The Morgan fingerprint density at radius 3 is 2.64 bits per heavy atom. The average molecular weight is 355 g/mol. The fourth-order valence-corrected chi connectivity index (χ4v) is 2.84. The molecule has 0 aliphatic carbocycles. The number of amides is 1. The van der Waals surface area contributed by atoms with Gasteiger partial charge in [0, 0.05) is 23.0 Å². The molecule has 0 bridgehead atoms. The van der Waals surface area contributed by atoms with Gasteiger partial charge in [-0.3, -0.25) is 9.78 Å². The molecule has 1 atom stereocenters. The van der Waals surface area contributed by atoms with Gasteiger partial charge in [0.05, 0.1) is 11.1 Å². The van der Waals surface area contributed by atoms with E-state index >= 15 is 0 Å². The number of carboxylic acids is 1. The number of rotatable bonds is 5. The lowest BCUT2D eigenvalue weighted by atomic mass is 10.0. The van der Waals surface area contributed by atoms with Crippen molar-refractivity contribution in [2.75, 3.05) is 0 Å². The monoisotopic (exact) mass is 354 g/mol.